The highest BCUT2D eigenvalue weighted by molar-refractivity contribution is 5.41. The molecule has 2 fully saturated rings. The SMILES string of the molecule is CC.CCc1ccnc(N2CCOCC2)c1.Cc1ccnc(N2CCCCC2)c1. The first kappa shape index (κ1) is 23.1. The van der Waals surface area contributed by atoms with Gasteiger partial charge in [0.1, 0.15) is 11.6 Å². The summed E-state index contributed by atoms with van der Waals surface area (Å²) in [5.74, 6) is 2.24. The van der Waals surface area contributed by atoms with Gasteiger partial charge < -0.3 is 14.5 Å². The molecule has 0 aromatic carbocycles. The number of aromatic nitrogens is 2. The second-order valence-corrected chi connectivity index (χ2v) is 7.21. The average molecular weight is 399 g/mol. The molecule has 160 valence electrons. The lowest BCUT2D eigenvalue weighted by molar-refractivity contribution is 0.122. The zero-order chi connectivity index (χ0) is 20.9. The number of morpholine rings is 1. The third-order valence-electron chi connectivity index (χ3n) is 5.13. The van der Waals surface area contributed by atoms with E-state index < -0.39 is 0 Å². The van der Waals surface area contributed by atoms with Crippen molar-refractivity contribution in [2.75, 3.05) is 49.2 Å². The van der Waals surface area contributed by atoms with Gasteiger partial charge in [-0.2, -0.15) is 0 Å². The quantitative estimate of drug-likeness (QED) is 0.736. The predicted octanol–water partition coefficient (Wildman–Crippen LogP) is 4.89. The Balaban J connectivity index is 0.000000191. The molecule has 2 aromatic heterocycles. The van der Waals surface area contributed by atoms with E-state index in [1.165, 1.54) is 43.5 Å². The molecule has 4 rings (SSSR count). The molecule has 0 aliphatic carbocycles. The standard InChI is InChI=1S/C11H16N2O.C11H16N2.C2H6/c1-2-10-3-4-12-11(9-10)13-5-7-14-8-6-13;1-10-5-6-12-11(9-10)13-7-3-2-4-8-13;1-2/h3-4,9H,2,5-8H2,1H3;5-6,9H,2-4,7-8H2,1H3;1-2H3. The molecule has 0 amide bonds. The van der Waals surface area contributed by atoms with Crippen LogP contribution in [0.15, 0.2) is 36.7 Å². The highest BCUT2D eigenvalue weighted by Gasteiger charge is 2.12. The number of hydrogen-bond donors (Lipinski definition) is 0. The summed E-state index contributed by atoms with van der Waals surface area (Å²) in [5, 5.41) is 0. The van der Waals surface area contributed by atoms with E-state index in [0.717, 1.165) is 44.4 Å². The van der Waals surface area contributed by atoms with Gasteiger partial charge in [0.15, 0.2) is 0 Å². The molecule has 0 radical (unpaired) electrons. The lowest BCUT2D eigenvalue weighted by atomic mass is 10.1. The van der Waals surface area contributed by atoms with Gasteiger partial charge in [0.05, 0.1) is 13.2 Å². The van der Waals surface area contributed by atoms with Crippen LogP contribution in [0.2, 0.25) is 0 Å². The van der Waals surface area contributed by atoms with Gasteiger partial charge in [-0.3, -0.25) is 0 Å². The van der Waals surface area contributed by atoms with Crippen LogP contribution in [0, 0.1) is 6.92 Å². The monoisotopic (exact) mass is 398 g/mol. The van der Waals surface area contributed by atoms with Crippen molar-refractivity contribution in [1.82, 2.24) is 9.97 Å². The minimum absolute atomic E-state index is 0.817. The van der Waals surface area contributed by atoms with Crippen molar-refractivity contribution in [3.8, 4) is 0 Å². The molecule has 29 heavy (non-hydrogen) atoms. The van der Waals surface area contributed by atoms with Crippen LogP contribution >= 0.6 is 0 Å². The van der Waals surface area contributed by atoms with E-state index in [0.29, 0.717) is 0 Å². The molecule has 0 bridgehead atoms. The van der Waals surface area contributed by atoms with Gasteiger partial charge in [-0.15, -0.1) is 0 Å². The van der Waals surface area contributed by atoms with Gasteiger partial charge >= 0.3 is 0 Å². The van der Waals surface area contributed by atoms with Crippen molar-refractivity contribution in [3.05, 3.63) is 47.8 Å². The second-order valence-electron chi connectivity index (χ2n) is 7.21. The summed E-state index contributed by atoms with van der Waals surface area (Å²) in [6, 6.07) is 8.47. The zero-order valence-corrected chi connectivity index (χ0v) is 18.7. The van der Waals surface area contributed by atoms with Crippen LogP contribution in [0.5, 0.6) is 0 Å². The Labute approximate surface area is 177 Å². The van der Waals surface area contributed by atoms with Crippen molar-refractivity contribution < 1.29 is 4.74 Å². The van der Waals surface area contributed by atoms with Gasteiger partial charge in [-0.25, -0.2) is 9.97 Å². The first-order valence-corrected chi connectivity index (χ1v) is 11.2. The topological polar surface area (TPSA) is 41.5 Å². The van der Waals surface area contributed by atoms with Gasteiger partial charge in [-0.1, -0.05) is 20.8 Å². The van der Waals surface area contributed by atoms with E-state index >= 15 is 0 Å². The largest absolute Gasteiger partial charge is 0.378 e. The van der Waals surface area contributed by atoms with Crippen molar-refractivity contribution in [2.24, 2.45) is 0 Å². The Hall–Kier alpha value is -2.14. The Bertz CT molecular complexity index is 695. The average Bonchev–Trinajstić information content (AvgIpc) is 2.82. The van der Waals surface area contributed by atoms with Crippen molar-refractivity contribution >= 4 is 11.6 Å². The molecule has 0 saturated carbocycles. The number of ether oxygens (including phenoxy) is 1. The molecular weight excluding hydrogens is 360 g/mol. The molecule has 2 aromatic rings. The normalized spacial score (nSPS) is 16.3. The molecule has 5 heteroatoms. The summed E-state index contributed by atoms with van der Waals surface area (Å²) in [4.78, 5) is 13.4. The van der Waals surface area contributed by atoms with Crippen LogP contribution < -0.4 is 9.80 Å². The smallest absolute Gasteiger partial charge is 0.128 e. The molecule has 0 N–H and O–H groups in total. The van der Waals surface area contributed by atoms with E-state index in [4.69, 9.17) is 4.74 Å². The Morgan fingerprint density at radius 2 is 1.41 bits per heavy atom. The van der Waals surface area contributed by atoms with E-state index in [-0.39, 0.29) is 0 Å². The first-order valence-electron chi connectivity index (χ1n) is 11.2. The van der Waals surface area contributed by atoms with Gasteiger partial charge in [-0.05, 0) is 68.0 Å². The van der Waals surface area contributed by atoms with E-state index in [2.05, 4.69) is 51.8 Å². The van der Waals surface area contributed by atoms with Crippen LogP contribution in [-0.2, 0) is 11.2 Å². The Morgan fingerprint density at radius 1 is 0.828 bits per heavy atom. The summed E-state index contributed by atoms with van der Waals surface area (Å²) < 4.78 is 5.31. The van der Waals surface area contributed by atoms with Crippen LogP contribution in [0.4, 0.5) is 11.6 Å². The second kappa shape index (κ2) is 13.2. The van der Waals surface area contributed by atoms with Gasteiger partial charge in [0, 0.05) is 38.6 Å². The molecule has 0 unspecified atom stereocenters. The van der Waals surface area contributed by atoms with Crippen molar-refractivity contribution in [3.63, 3.8) is 0 Å². The summed E-state index contributed by atoms with van der Waals surface area (Å²) in [7, 11) is 0. The summed E-state index contributed by atoms with van der Waals surface area (Å²) in [6.07, 6.45) is 8.87. The fraction of sp³-hybridized carbons (Fsp3) is 0.583. The van der Waals surface area contributed by atoms with Crippen molar-refractivity contribution in [1.29, 1.82) is 0 Å². The fourth-order valence-electron chi connectivity index (χ4n) is 3.46. The van der Waals surface area contributed by atoms with Gasteiger partial charge in [0.25, 0.3) is 0 Å². The van der Waals surface area contributed by atoms with Crippen LogP contribution in [0.1, 0.15) is 51.2 Å². The minimum Gasteiger partial charge on any atom is -0.378 e. The Kier molecular flexibility index (Phi) is 10.5. The number of nitrogens with zero attached hydrogens (tertiary/aromatic N) is 4. The summed E-state index contributed by atoms with van der Waals surface area (Å²) in [6.45, 7) is 14.2. The van der Waals surface area contributed by atoms with Crippen LogP contribution in [-0.4, -0.2) is 49.4 Å². The zero-order valence-electron chi connectivity index (χ0n) is 18.7. The Morgan fingerprint density at radius 3 is 2.03 bits per heavy atom. The molecule has 0 atom stereocenters. The lowest BCUT2D eigenvalue weighted by Gasteiger charge is -2.27. The molecule has 2 aliphatic rings. The number of hydrogen-bond acceptors (Lipinski definition) is 5. The first-order chi connectivity index (χ1) is 14.3. The molecule has 4 heterocycles. The minimum atomic E-state index is 0.817. The lowest BCUT2D eigenvalue weighted by Crippen LogP contribution is -2.36. The van der Waals surface area contributed by atoms with Crippen molar-refractivity contribution in [2.45, 2.75) is 53.4 Å². The third-order valence-corrected chi connectivity index (χ3v) is 5.13. The molecular formula is C24H38N4O. The third kappa shape index (κ3) is 7.65. The maximum Gasteiger partial charge on any atom is 0.128 e. The van der Waals surface area contributed by atoms with E-state index in [1.807, 2.05) is 32.3 Å². The summed E-state index contributed by atoms with van der Waals surface area (Å²) in [5.41, 5.74) is 2.65. The number of pyridine rings is 2. The number of aryl methyl sites for hydroxylation is 2. The summed E-state index contributed by atoms with van der Waals surface area (Å²) >= 11 is 0. The highest BCUT2D eigenvalue weighted by atomic mass is 16.5. The number of anilines is 2. The molecule has 2 saturated heterocycles. The van der Waals surface area contributed by atoms with Crippen LogP contribution in [0.25, 0.3) is 0 Å². The molecule has 2 aliphatic heterocycles. The van der Waals surface area contributed by atoms with Crippen LogP contribution in [0.3, 0.4) is 0 Å². The molecule has 0 spiro atoms. The van der Waals surface area contributed by atoms with E-state index in [1.54, 1.807) is 0 Å². The molecule has 5 nitrogen and oxygen atoms in total. The predicted molar refractivity (Wildman–Crippen MR) is 123 cm³/mol. The highest BCUT2D eigenvalue weighted by Crippen LogP contribution is 2.17. The van der Waals surface area contributed by atoms with E-state index in [9.17, 15) is 0 Å². The maximum absolute atomic E-state index is 5.31. The fourth-order valence-corrected chi connectivity index (χ4v) is 3.46. The number of piperidine rings is 1. The maximum atomic E-state index is 5.31. The number of rotatable bonds is 3. The van der Waals surface area contributed by atoms with Gasteiger partial charge in [0.2, 0.25) is 0 Å².